The number of hydrogen-bond donors (Lipinski definition) is 0. The van der Waals surface area contributed by atoms with Crippen LogP contribution < -0.4 is 9.64 Å². The summed E-state index contributed by atoms with van der Waals surface area (Å²) in [5.41, 5.74) is 9.04. The summed E-state index contributed by atoms with van der Waals surface area (Å²) in [5, 5.41) is 0. The highest BCUT2D eigenvalue weighted by atomic mass is 32.2. The molecule has 0 bridgehead atoms. The van der Waals surface area contributed by atoms with Crippen molar-refractivity contribution in [1.29, 1.82) is 0 Å². The third kappa shape index (κ3) is 2.77. The van der Waals surface area contributed by atoms with Crippen molar-refractivity contribution in [3.63, 3.8) is 0 Å². The van der Waals surface area contributed by atoms with Crippen molar-refractivity contribution in [3.05, 3.63) is 150 Å². The fourth-order valence-corrected chi connectivity index (χ4v) is 7.71. The molecule has 3 aliphatic rings. The Bertz CT molecular complexity index is 1910. The lowest BCUT2D eigenvalue weighted by molar-refractivity contribution is 0.436. The largest absolute Gasteiger partial charge is 0.457 e. The lowest BCUT2D eigenvalue weighted by Gasteiger charge is -2.39. The smallest absolute Gasteiger partial charge is 0.132 e. The number of hydrogen-bond acceptors (Lipinski definition) is 5. The van der Waals surface area contributed by atoms with Gasteiger partial charge in [0.25, 0.3) is 0 Å². The van der Waals surface area contributed by atoms with Gasteiger partial charge in [0, 0.05) is 32.7 Å². The standard InChI is InChI=1S/C35H21N3OS/c1-5-15-29-23(10-1)35(24-11-2-6-16-30(24)39-29)25-12-9-19-36-33(25)34-26(35)20-22(21-37-34)38-27-13-3-7-17-31(27)40-32-18-8-4-14-28(32)38/h1-21H. The van der Waals surface area contributed by atoms with Gasteiger partial charge in [0.2, 0.25) is 0 Å². The first-order valence-electron chi connectivity index (χ1n) is 13.3. The van der Waals surface area contributed by atoms with Crippen molar-refractivity contribution in [3.8, 4) is 22.9 Å². The minimum atomic E-state index is -0.600. The summed E-state index contributed by atoms with van der Waals surface area (Å²) in [4.78, 5) is 14.8. The van der Waals surface area contributed by atoms with Crippen LogP contribution in [0, 0.1) is 0 Å². The first-order chi connectivity index (χ1) is 19.8. The van der Waals surface area contributed by atoms with Gasteiger partial charge in [-0.2, -0.15) is 0 Å². The van der Waals surface area contributed by atoms with Crippen LogP contribution in [0.1, 0.15) is 22.3 Å². The molecule has 40 heavy (non-hydrogen) atoms. The Balaban J connectivity index is 1.38. The summed E-state index contributed by atoms with van der Waals surface area (Å²) in [5.74, 6) is 1.72. The number of aromatic nitrogens is 2. The zero-order valence-electron chi connectivity index (χ0n) is 21.3. The van der Waals surface area contributed by atoms with Crippen molar-refractivity contribution in [1.82, 2.24) is 9.97 Å². The zero-order chi connectivity index (χ0) is 26.3. The molecule has 0 atom stereocenters. The molecule has 0 saturated carbocycles. The topological polar surface area (TPSA) is 38.3 Å². The summed E-state index contributed by atoms with van der Waals surface area (Å²) in [6, 6.07) is 40.5. The van der Waals surface area contributed by atoms with Gasteiger partial charge < -0.3 is 9.64 Å². The average Bonchev–Trinajstić information content (AvgIpc) is 3.30. The Labute approximate surface area is 236 Å². The zero-order valence-corrected chi connectivity index (χ0v) is 22.1. The molecule has 1 spiro atoms. The van der Waals surface area contributed by atoms with Gasteiger partial charge in [0.1, 0.15) is 11.5 Å². The van der Waals surface area contributed by atoms with E-state index in [2.05, 4.69) is 102 Å². The second kappa shape index (κ2) is 8.07. The van der Waals surface area contributed by atoms with E-state index in [0.717, 1.165) is 62.2 Å². The maximum absolute atomic E-state index is 6.48. The number of anilines is 3. The van der Waals surface area contributed by atoms with E-state index in [4.69, 9.17) is 14.7 Å². The molecule has 4 nitrogen and oxygen atoms in total. The highest BCUT2D eigenvalue weighted by Crippen LogP contribution is 2.62. The SMILES string of the molecule is c1ccc2c(c1)Oc1ccccc1C21c2cccnc2-c2ncc(N3c4ccccc4Sc4ccccc43)cc21. The molecule has 4 heterocycles. The Morgan fingerprint density at radius 2 is 1.15 bits per heavy atom. The molecule has 0 saturated heterocycles. The molecule has 0 amide bonds. The molecule has 9 rings (SSSR count). The number of fused-ring (bicyclic) bond motifs is 11. The van der Waals surface area contributed by atoms with E-state index in [9.17, 15) is 0 Å². The van der Waals surface area contributed by atoms with E-state index < -0.39 is 5.41 Å². The van der Waals surface area contributed by atoms with Crippen LogP contribution in [0.25, 0.3) is 11.4 Å². The fraction of sp³-hybridized carbons (Fsp3) is 0.0286. The predicted molar refractivity (Wildman–Crippen MR) is 158 cm³/mol. The van der Waals surface area contributed by atoms with E-state index in [1.165, 1.54) is 9.79 Å². The van der Waals surface area contributed by atoms with Gasteiger partial charge in [-0.3, -0.25) is 9.97 Å². The normalized spacial score (nSPS) is 14.8. The summed E-state index contributed by atoms with van der Waals surface area (Å²) in [6.45, 7) is 0. The second-order valence-electron chi connectivity index (χ2n) is 10.2. The molecule has 6 aromatic rings. The number of para-hydroxylation sites is 4. The molecule has 188 valence electrons. The first kappa shape index (κ1) is 22.0. The van der Waals surface area contributed by atoms with E-state index in [1.54, 1.807) is 0 Å². The van der Waals surface area contributed by atoms with Gasteiger partial charge in [-0.15, -0.1) is 0 Å². The number of benzene rings is 4. The third-order valence-corrected chi connectivity index (χ3v) is 9.34. The van der Waals surface area contributed by atoms with Crippen LogP contribution in [0.2, 0.25) is 0 Å². The molecule has 0 N–H and O–H groups in total. The van der Waals surface area contributed by atoms with Gasteiger partial charge >= 0.3 is 0 Å². The first-order valence-corrected chi connectivity index (χ1v) is 14.1. The van der Waals surface area contributed by atoms with Crippen LogP contribution in [-0.2, 0) is 5.41 Å². The Morgan fingerprint density at radius 3 is 1.85 bits per heavy atom. The van der Waals surface area contributed by atoms with Gasteiger partial charge in [-0.05, 0) is 54.1 Å². The molecule has 0 fully saturated rings. The van der Waals surface area contributed by atoms with E-state index in [1.807, 2.05) is 42.4 Å². The maximum Gasteiger partial charge on any atom is 0.132 e. The predicted octanol–water partition coefficient (Wildman–Crippen LogP) is 8.88. The minimum Gasteiger partial charge on any atom is -0.457 e. The van der Waals surface area contributed by atoms with Gasteiger partial charge in [-0.25, -0.2) is 0 Å². The lowest BCUT2D eigenvalue weighted by atomic mass is 9.66. The van der Waals surface area contributed by atoms with E-state index >= 15 is 0 Å². The molecule has 5 heteroatoms. The number of ether oxygens (including phenoxy) is 1. The number of nitrogens with zero attached hydrogens (tertiary/aromatic N) is 3. The lowest BCUT2D eigenvalue weighted by Crippen LogP contribution is -2.32. The Morgan fingerprint density at radius 1 is 0.575 bits per heavy atom. The van der Waals surface area contributed by atoms with Crippen LogP contribution in [0.4, 0.5) is 17.1 Å². The monoisotopic (exact) mass is 531 g/mol. The van der Waals surface area contributed by atoms with Crippen molar-refractivity contribution in [2.45, 2.75) is 15.2 Å². The molecule has 0 radical (unpaired) electrons. The highest BCUT2D eigenvalue weighted by molar-refractivity contribution is 7.99. The summed E-state index contributed by atoms with van der Waals surface area (Å²) in [6.07, 6.45) is 3.86. The van der Waals surface area contributed by atoms with Crippen LogP contribution >= 0.6 is 11.8 Å². The molecule has 2 aromatic heterocycles. The highest BCUT2D eigenvalue weighted by Gasteiger charge is 2.52. The Kier molecular flexibility index (Phi) is 4.44. The van der Waals surface area contributed by atoms with E-state index in [0.29, 0.717) is 0 Å². The van der Waals surface area contributed by atoms with Gasteiger partial charge in [0.15, 0.2) is 0 Å². The molecule has 1 aliphatic carbocycles. The maximum atomic E-state index is 6.48. The molecule has 2 aliphatic heterocycles. The molecular formula is C35H21N3OS. The summed E-state index contributed by atoms with van der Waals surface area (Å²) in [7, 11) is 0. The second-order valence-corrected chi connectivity index (χ2v) is 11.3. The average molecular weight is 532 g/mol. The van der Waals surface area contributed by atoms with Gasteiger partial charge in [0.05, 0.1) is 40.1 Å². The van der Waals surface area contributed by atoms with Crippen molar-refractivity contribution in [2.75, 3.05) is 4.90 Å². The molecule has 0 unspecified atom stereocenters. The van der Waals surface area contributed by atoms with Crippen molar-refractivity contribution >= 4 is 28.8 Å². The van der Waals surface area contributed by atoms with Crippen LogP contribution in [0.5, 0.6) is 11.5 Å². The quantitative estimate of drug-likeness (QED) is 0.211. The van der Waals surface area contributed by atoms with Gasteiger partial charge in [-0.1, -0.05) is 78.5 Å². The van der Waals surface area contributed by atoms with Crippen LogP contribution in [-0.4, -0.2) is 9.97 Å². The van der Waals surface area contributed by atoms with Crippen LogP contribution in [0.3, 0.4) is 0 Å². The van der Waals surface area contributed by atoms with Crippen molar-refractivity contribution < 1.29 is 4.74 Å². The molecular weight excluding hydrogens is 510 g/mol. The molecule has 4 aromatic carbocycles. The Hall–Kier alpha value is -4.87. The van der Waals surface area contributed by atoms with Crippen LogP contribution in [0.15, 0.2) is 137 Å². The number of rotatable bonds is 1. The van der Waals surface area contributed by atoms with Crippen molar-refractivity contribution in [2.24, 2.45) is 0 Å². The summed E-state index contributed by atoms with van der Waals surface area (Å²) >= 11 is 1.81. The fourth-order valence-electron chi connectivity index (χ4n) is 6.65. The minimum absolute atomic E-state index is 0.600. The summed E-state index contributed by atoms with van der Waals surface area (Å²) < 4.78 is 6.48. The van der Waals surface area contributed by atoms with E-state index in [-0.39, 0.29) is 0 Å². The number of pyridine rings is 2. The third-order valence-electron chi connectivity index (χ3n) is 8.21.